The molecule has 2 aromatic rings. The van der Waals surface area contributed by atoms with E-state index < -0.39 is 0 Å². The first kappa shape index (κ1) is 14.4. The monoisotopic (exact) mass is 300 g/mol. The molecule has 1 aromatic heterocycles. The highest BCUT2D eigenvalue weighted by molar-refractivity contribution is 5.93. The Morgan fingerprint density at radius 1 is 1.45 bits per heavy atom. The number of ether oxygens (including phenoxy) is 1. The van der Waals surface area contributed by atoms with Crippen LogP contribution in [0.3, 0.4) is 0 Å². The Balaban J connectivity index is 1.60. The molecule has 2 N–H and O–H groups in total. The van der Waals surface area contributed by atoms with Crippen LogP contribution in [0.2, 0.25) is 0 Å². The number of rotatable bonds is 5. The van der Waals surface area contributed by atoms with E-state index in [0.717, 1.165) is 42.3 Å². The normalized spacial score (nSPS) is 13.1. The van der Waals surface area contributed by atoms with Crippen LogP contribution in [0.25, 0.3) is 0 Å². The minimum Gasteiger partial charge on any atom is -0.496 e. The van der Waals surface area contributed by atoms with Crippen LogP contribution in [0.1, 0.15) is 18.4 Å². The van der Waals surface area contributed by atoms with Gasteiger partial charge >= 0.3 is 0 Å². The van der Waals surface area contributed by atoms with Crippen LogP contribution in [0.15, 0.2) is 30.5 Å². The first-order valence-corrected chi connectivity index (χ1v) is 7.49. The third-order valence-electron chi connectivity index (χ3n) is 3.77. The number of amides is 1. The molecule has 1 aliphatic rings. The van der Waals surface area contributed by atoms with Crippen LogP contribution in [-0.4, -0.2) is 29.3 Å². The molecule has 0 radical (unpaired) electrons. The third kappa shape index (κ3) is 3.05. The van der Waals surface area contributed by atoms with Gasteiger partial charge in [0.2, 0.25) is 5.91 Å². The fourth-order valence-electron chi connectivity index (χ4n) is 2.64. The summed E-state index contributed by atoms with van der Waals surface area (Å²) in [6.45, 7) is 1.80. The van der Waals surface area contributed by atoms with Gasteiger partial charge in [-0.15, -0.1) is 0 Å². The summed E-state index contributed by atoms with van der Waals surface area (Å²) < 4.78 is 7.19. The summed E-state index contributed by atoms with van der Waals surface area (Å²) in [6, 6.07) is 7.77. The Morgan fingerprint density at radius 3 is 3.18 bits per heavy atom. The number of methoxy groups -OCH3 is 1. The average Bonchev–Trinajstić information content (AvgIpc) is 2.96. The molecule has 116 valence electrons. The summed E-state index contributed by atoms with van der Waals surface area (Å²) in [6.07, 6.45) is 3.81. The van der Waals surface area contributed by atoms with Gasteiger partial charge in [-0.25, -0.2) is 4.68 Å². The topological polar surface area (TPSA) is 68.2 Å². The van der Waals surface area contributed by atoms with E-state index in [9.17, 15) is 4.79 Å². The number of nitrogens with one attached hydrogen (secondary N) is 2. The Kier molecular flexibility index (Phi) is 4.27. The van der Waals surface area contributed by atoms with Crippen molar-refractivity contribution in [1.29, 1.82) is 0 Å². The van der Waals surface area contributed by atoms with Gasteiger partial charge < -0.3 is 15.4 Å². The lowest BCUT2D eigenvalue weighted by Gasteiger charge is -2.17. The van der Waals surface area contributed by atoms with Crippen molar-refractivity contribution in [3.05, 3.63) is 36.0 Å². The van der Waals surface area contributed by atoms with Crippen molar-refractivity contribution >= 4 is 17.4 Å². The molecule has 1 amide bonds. The number of benzene rings is 1. The first-order valence-electron chi connectivity index (χ1n) is 7.49. The SMILES string of the molecule is COc1ccccc1CCC(=O)Nc1cnn2c1NCCC2. The summed E-state index contributed by atoms with van der Waals surface area (Å²) in [7, 11) is 1.64. The highest BCUT2D eigenvalue weighted by atomic mass is 16.5. The van der Waals surface area contributed by atoms with Crippen LogP contribution in [0.4, 0.5) is 11.5 Å². The van der Waals surface area contributed by atoms with E-state index in [1.165, 1.54) is 0 Å². The molecule has 3 rings (SSSR count). The van der Waals surface area contributed by atoms with E-state index in [1.54, 1.807) is 13.3 Å². The lowest BCUT2D eigenvalue weighted by Crippen LogP contribution is -2.19. The van der Waals surface area contributed by atoms with Crippen molar-refractivity contribution in [3.8, 4) is 5.75 Å². The highest BCUT2D eigenvalue weighted by Gasteiger charge is 2.16. The van der Waals surface area contributed by atoms with Crippen LogP contribution in [0.5, 0.6) is 5.75 Å². The van der Waals surface area contributed by atoms with Gasteiger partial charge in [-0.05, 0) is 24.5 Å². The zero-order valence-corrected chi connectivity index (χ0v) is 12.6. The molecule has 1 aromatic carbocycles. The van der Waals surface area contributed by atoms with Gasteiger partial charge in [0.05, 0.1) is 13.3 Å². The fourth-order valence-corrected chi connectivity index (χ4v) is 2.64. The molecule has 6 nitrogen and oxygen atoms in total. The fraction of sp³-hybridized carbons (Fsp3) is 0.375. The lowest BCUT2D eigenvalue weighted by atomic mass is 10.1. The lowest BCUT2D eigenvalue weighted by molar-refractivity contribution is -0.116. The Labute approximate surface area is 129 Å². The van der Waals surface area contributed by atoms with Gasteiger partial charge in [-0.2, -0.15) is 5.10 Å². The zero-order chi connectivity index (χ0) is 15.4. The molecular weight excluding hydrogens is 280 g/mol. The van der Waals surface area contributed by atoms with Crippen LogP contribution < -0.4 is 15.4 Å². The number of anilines is 2. The third-order valence-corrected chi connectivity index (χ3v) is 3.77. The quantitative estimate of drug-likeness (QED) is 0.889. The molecule has 0 atom stereocenters. The molecule has 0 aliphatic carbocycles. The number of fused-ring (bicyclic) bond motifs is 1. The number of para-hydroxylation sites is 1. The number of aromatic nitrogens is 2. The molecular formula is C16H20N4O2. The number of nitrogens with zero attached hydrogens (tertiary/aromatic N) is 2. The van der Waals surface area contributed by atoms with Crippen molar-refractivity contribution in [1.82, 2.24) is 9.78 Å². The number of aryl methyl sites for hydroxylation is 2. The molecule has 0 saturated heterocycles. The molecule has 22 heavy (non-hydrogen) atoms. The van der Waals surface area contributed by atoms with E-state index in [4.69, 9.17) is 4.74 Å². The second kappa shape index (κ2) is 6.51. The summed E-state index contributed by atoms with van der Waals surface area (Å²) in [5, 5.41) is 10.5. The second-order valence-corrected chi connectivity index (χ2v) is 5.27. The molecule has 0 saturated carbocycles. The van der Waals surface area contributed by atoms with Crippen molar-refractivity contribution in [2.24, 2.45) is 0 Å². The Bertz CT molecular complexity index is 666. The summed E-state index contributed by atoms with van der Waals surface area (Å²) >= 11 is 0. The maximum absolute atomic E-state index is 12.2. The summed E-state index contributed by atoms with van der Waals surface area (Å²) in [5.41, 5.74) is 1.79. The van der Waals surface area contributed by atoms with Crippen molar-refractivity contribution in [3.63, 3.8) is 0 Å². The highest BCUT2D eigenvalue weighted by Crippen LogP contribution is 2.25. The van der Waals surface area contributed by atoms with Gasteiger partial charge in [0.1, 0.15) is 17.3 Å². The van der Waals surface area contributed by atoms with E-state index >= 15 is 0 Å². The van der Waals surface area contributed by atoms with Gasteiger partial charge in [0, 0.05) is 19.5 Å². The van der Waals surface area contributed by atoms with Crippen molar-refractivity contribution in [2.45, 2.75) is 25.8 Å². The second-order valence-electron chi connectivity index (χ2n) is 5.27. The molecule has 6 heteroatoms. The molecule has 0 spiro atoms. The molecule has 0 bridgehead atoms. The van der Waals surface area contributed by atoms with Gasteiger partial charge in [0.15, 0.2) is 0 Å². The van der Waals surface area contributed by atoms with Crippen LogP contribution in [-0.2, 0) is 17.8 Å². The Morgan fingerprint density at radius 2 is 2.32 bits per heavy atom. The predicted molar refractivity (Wildman–Crippen MR) is 85.3 cm³/mol. The molecule has 1 aliphatic heterocycles. The van der Waals surface area contributed by atoms with E-state index in [0.29, 0.717) is 12.8 Å². The smallest absolute Gasteiger partial charge is 0.224 e. The van der Waals surface area contributed by atoms with Crippen molar-refractivity contribution < 1.29 is 9.53 Å². The van der Waals surface area contributed by atoms with Crippen LogP contribution >= 0.6 is 0 Å². The van der Waals surface area contributed by atoms with E-state index in [2.05, 4.69) is 15.7 Å². The molecule has 0 unspecified atom stereocenters. The first-order chi connectivity index (χ1) is 10.8. The maximum Gasteiger partial charge on any atom is 0.224 e. The average molecular weight is 300 g/mol. The summed E-state index contributed by atoms with van der Waals surface area (Å²) in [4.78, 5) is 12.2. The van der Waals surface area contributed by atoms with Gasteiger partial charge in [0.25, 0.3) is 0 Å². The minimum atomic E-state index is -0.0194. The van der Waals surface area contributed by atoms with Gasteiger partial charge in [-0.1, -0.05) is 18.2 Å². The molecule has 0 fully saturated rings. The van der Waals surface area contributed by atoms with E-state index in [1.807, 2.05) is 28.9 Å². The van der Waals surface area contributed by atoms with E-state index in [-0.39, 0.29) is 5.91 Å². The largest absolute Gasteiger partial charge is 0.496 e. The number of hydrogen-bond acceptors (Lipinski definition) is 4. The standard InChI is InChI=1S/C16H20N4O2/c1-22-14-6-3-2-5-12(14)7-8-15(21)19-13-11-18-20-10-4-9-17-16(13)20/h2-3,5-6,11,17H,4,7-10H2,1H3,(H,19,21). The minimum absolute atomic E-state index is 0.0194. The van der Waals surface area contributed by atoms with Crippen molar-refractivity contribution in [2.75, 3.05) is 24.3 Å². The van der Waals surface area contributed by atoms with Gasteiger partial charge in [-0.3, -0.25) is 4.79 Å². The van der Waals surface area contributed by atoms with Crippen LogP contribution in [0, 0.1) is 0 Å². The number of hydrogen-bond donors (Lipinski definition) is 2. The number of carbonyl (C=O) groups excluding carboxylic acids is 1. The number of carbonyl (C=O) groups is 1. The summed E-state index contributed by atoms with van der Waals surface area (Å²) in [5.74, 6) is 1.70. The zero-order valence-electron chi connectivity index (χ0n) is 12.6. The molecule has 2 heterocycles. The maximum atomic E-state index is 12.2. The predicted octanol–water partition coefficient (Wildman–Crippen LogP) is 2.28. The Hall–Kier alpha value is -2.50.